The van der Waals surface area contributed by atoms with Gasteiger partial charge in [-0.25, -0.2) is 4.98 Å². The Morgan fingerprint density at radius 1 is 1.26 bits per heavy atom. The third-order valence-electron chi connectivity index (χ3n) is 4.58. The summed E-state index contributed by atoms with van der Waals surface area (Å²) >= 11 is 0. The topological polar surface area (TPSA) is 97.6 Å². The Labute approximate surface area is 157 Å². The van der Waals surface area contributed by atoms with E-state index in [9.17, 15) is 14.9 Å². The van der Waals surface area contributed by atoms with Crippen molar-refractivity contribution < 1.29 is 14.5 Å². The average Bonchev–Trinajstić information content (AvgIpc) is 2.72. The van der Waals surface area contributed by atoms with E-state index >= 15 is 0 Å². The first-order chi connectivity index (χ1) is 13.1. The molecule has 0 atom stereocenters. The number of methoxy groups -OCH3 is 1. The van der Waals surface area contributed by atoms with E-state index in [1.54, 1.807) is 6.20 Å². The van der Waals surface area contributed by atoms with E-state index in [4.69, 9.17) is 4.74 Å². The van der Waals surface area contributed by atoms with Crippen LogP contribution in [0.4, 0.5) is 11.5 Å². The van der Waals surface area contributed by atoms with Crippen LogP contribution in [0.3, 0.4) is 0 Å². The number of hydrogen-bond acceptors (Lipinski definition) is 6. The molecule has 1 fully saturated rings. The predicted molar refractivity (Wildman–Crippen MR) is 101 cm³/mol. The number of ether oxygens (including phenoxy) is 1. The van der Waals surface area contributed by atoms with Gasteiger partial charge in [-0.3, -0.25) is 14.9 Å². The highest BCUT2D eigenvalue weighted by Crippen LogP contribution is 2.27. The molecule has 0 saturated carbocycles. The first-order valence-corrected chi connectivity index (χ1v) is 8.89. The number of carbonyl (C=O) groups excluding carboxylic acids is 1. The molecule has 1 N–H and O–H groups in total. The Hall–Kier alpha value is -3.16. The highest BCUT2D eigenvalue weighted by Gasteiger charge is 2.18. The number of nitro benzene ring substituents is 1. The smallest absolute Gasteiger partial charge is 0.311 e. The third-order valence-corrected chi connectivity index (χ3v) is 4.58. The fourth-order valence-electron chi connectivity index (χ4n) is 3.09. The van der Waals surface area contributed by atoms with Crippen LogP contribution in [0.2, 0.25) is 0 Å². The lowest BCUT2D eigenvalue weighted by atomic mass is 10.1. The van der Waals surface area contributed by atoms with Crippen molar-refractivity contribution in [3.05, 3.63) is 57.8 Å². The van der Waals surface area contributed by atoms with Crippen molar-refractivity contribution in [3.8, 4) is 5.75 Å². The standard InChI is InChI=1S/C19H22N4O4/c1-27-17-7-6-15(11-16(17)23(25)26)19(24)21-13-14-5-8-18(20-12-14)22-9-3-2-4-10-22/h5-8,11-12H,2-4,9-10,13H2,1H3,(H,21,24). The molecule has 0 bridgehead atoms. The Kier molecular flexibility index (Phi) is 5.85. The lowest BCUT2D eigenvalue weighted by molar-refractivity contribution is -0.385. The highest BCUT2D eigenvalue weighted by molar-refractivity contribution is 5.95. The van der Waals surface area contributed by atoms with Crippen molar-refractivity contribution >= 4 is 17.4 Å². The van der Waals surface area contributed by atoms with Gasteiger partial charge in [-0.1, -0.05) is 6.07 Å². The van der Waals surface area contributed by atoms with Crippen LogP contribution in [-0.2, 0) is 6.54 Å². The number of hydrogen-bond donors (Lipinski definition) is 1. The second-order valence-electron chi connectivity index (χ2n) is 6.40. The first kappa shape index (κ1) is 18.6. The molecular weight excluding hydrogens is 348 g/mol. The number of rotatable bonds is 6. The molecule has 0 unspecified atom stereocenters. The Morgan fingerprint density at radius 2 is 2.04 bits per heavy atom. The minimum absolute atomic E-state index is 0.119. The van der Waals surface area contributed by atoms with Gasteiger partial charge in [0.15, 0.2) is 5.75 Å². The van der Waals surface area contributed by atoms with E-state index in [1.807, 2.05) is 12.1 Å². The van der Waals surface area contributed by atoms with Crippen LogP contribution >= 0.6 is 0 Å². The quantitative estimate of drug-likeness (QED) is 0.620. The maximum Gasteiger partial charge on any atom is 0.311 e. The molecule has 1 aliphatic heterocycles. The van der Waals surface area contributed by atoms with Crippen LogP contribution in [0.5, 0.6) is 5.75 Å². The maximum absolute atomic E-state index is 12.3. The molecule has 0 spiro atoms. The molecule has 1 saturated heterocycles. The molecule has 142 valence electrons. The molecule has 2 aromatic rings. The van der Waals surface area contributed by atoms with Gasteiger partial charge in [-0.05, 0) is 43.0 Å². The fraction of sp³-hybridized carbons (Fsp3) is 0.368. The lowest BCUT2D eigenvalue weighted by Crippen LogP contribution is -2.30. The van der Waals surface area contributed by atoms with Gasteiger partial charge in [0.25, 0.3) is 5.91 Å². The van der Waals surface area contributed by atoms with Gasteiger partial charge in [0.1, 0.15) is 5.82 Å². The molecule has 1 aliphatic rings. The zero-order chi connectivity index (χ0) is 19.2. The summed E-state index contributed by atoms with van der Waals surface area (Å²) in [7, 11) is 1.35. The van der Waals surface area contributed by atoms with E-state index in [1.165, 1.54) is 44.6 Å². The van der Waals surface area contributed by atoms with Crippen molar-refractivity contribution in [1.82, 2.24) is 10.3 Å². The van der Waals surface area contributed by atoms with Crippen molar-refractivity contribution in [3.63, 3.8) is 0 Å². The number of benzene rings is 1. The summed E-state index contributed by atoms with van der Waals surface area (Å²) in [4.78, 5) is 29.6. The summed E-state index contributed by atoms with van der Waals surface area (Å²) in [5, 5.41) is 13.8. The van der Waals surface area contributed by atoms with Crippen LogP contribution in [0, 0.1) is 10.1 Å². The molecular formula is C19H22N4O4. The summed E-state index contributed by atoms with van der Waals surface area (Å²) < 4.78 is 4.95. The molecule has 3 rings (SSSR count). The SMILES string of the molecule is COc1ccc(C(=O)NCc2ccc(N3CCCCC3)nc2)cc1[N+](=O)[O-]. The predicted octanol–water partition coefficient (Wildman–Crippen LogP) is 2.92. The summed E-state index contributed by atoms with van der Waals surface area (Å²) in [6, 6.07) is 8.03. The number of nitrogens with one attached hydrogen (secondary N) is 1. The molecule has 27 heavy (non-hydrogen) atoms. The molecule has 1 aromatic carbocycles. The lowest BCUT2D eigenvalue weighted by Gasteiger charge is -2.27. The van der Waals surface area contributed by atoms with Crippen LogP contribution < -0.4 is 15.0 Å². The Morgan fingerprint density at radius 3 is 2.67 bits per heavy atom. The largest absolute Gasteiger partial charge is 0.490 e. The maximum atomic E-state index is 12.3. The van der Waals surface area contributed by atoms with Gasteiger partial charge in [-0.15, -0.1) is 0 Å². The summed E-state index contributed by atoms with van der Waals surface area (Å²) in [5.74, 6) is 0.686. The molecule has 1 amide bonds. The van der Waals surface area contributed by atoms with Crippen molar-refractivity contribution in [2.75, 3.05) is 25.1 Å². The zero-order valence-corrected chi connectivity index (χ0v) is 15.2. The second kappa shape index (κ2) is 8.48. The monoisotopic (exact) mass is 370 g/mol. The molecule has 8 heteroatoms. The Balaban J connectivity index is 1.62. The van der Waals surface area contributed by atoms with E-state index in [0.29, 0.717) is 6.54 Å². The number of carbonyl (C=O) groups is 1. The number of aromatic nitrogens is 1. The molecule has 8 nitrogen and oxygen atoms in total. The Bertz CT molecular complexity index is 817. The van der Waals surface area contributed by atoms with Crippen LogP contribution in [0.1, 0.15) is 35.2 Å². The van der Waals surface area contributed by atoms with Crippen LogP contribution in [0.25, 0.3) is 0 Å². The minimum atomic E-state index is -0.571. The number of anilines is 1. The summed E-state index contributed by atoms with van der Waals surface area (Å²) in [6.45, 7) is 2.35. The van der Waals surface area contributed by atoms with Crippen molar-refractivity contribution in [1.29, 1.82) is 0 Å². The molecule has 0 radical (unpaired) electrons. The van der Waals surface area contributed by atoms with Gasteiger partial charge in [0, 0.05) is 37.5 Å². The number of amides is 1. The second-order valence-corrected chi connectivity index (χ2v) is 6.40. The van der Waals surface area contributed by atoms with Gasteiger partial charge in [-0.2, -0.15) is 0 Å². The van der Waals surface area contributed by atoms with E-state index < -0.39 is 4.92 Å². The van der Waals surface area contributed by atoms with Gasteiger partial charge < -0.3 is 15.0 Å². The molecule has 1 aromatic heterocycles. The van der Waals surface area contributed by atoms with Gasteiger partial charge >= 0.3 is 5.69 Å². The van der Waals surface area contributed by atoms with E-state index in [2.05, 4.69) is 15.2 Å². The van der Waals surface area contributed by atoms with Crippen LogP contribution in [0.15, 0.2) is 36.5 Å². The third kappa shape index (κ3) is 4.52. The van der Waals surface area contributed by atoms with Gasteiger partial charge in [0.2, 0.25) is 0 Å². The first-order valence-electron chi connectivity index (χ1n) is 8.89. The highest BCUT2D eigenvalue weighted by atomic mass is 16.6. The fourth-order valence-corrected chi connectivity index (χ4v) is 3.09. The zero-order valence-electron chi connectivity index (χ0n) is 15.2. The van der Waals surface area contributed by atoms with Crippen molar-refractivity contribution in [2.45, 2.75) is 25.8 Å². The molecule has 2 heterocycles. The van der Waals surface area contributed by atoms with E-state index in [-0.39, 0.29) is 22.9 Å². The molecule has 0 aliphatic carbocycles. The number of nitrogens with zero attached hydrogens (tertiary/aromatic N) is 3. The minimum Gasteiger partial charge on any atom is -0.490 e. The summed E-state index contributed by atoms with van der Waals surface area (Å²) in [6.07, 6.45) is 5.39. The summed E-state index contributed by atoms with van der Waals surface area (Å²) in [5.41, 5.74) is 0.838. The number of piperidine rings is 1. The normalized spacial score (nSPS) is 13.9. The number of nitro groups is 1. The van der Waals surface area contributed by atoms with E-state index in [0.717, 1.165) is 24.5 Å². The average molecular weight is 370 g/mol. The van der Waals surface area contributed by atoms with Crippen molar-refractivity contribution in [2.24, 2.45) is 0 Å². The van der Waals surface area contributed by atoms with Gasteiger partial charge in [0.05, 0.1) is 12.0 Å². The number of pyridine rings is 1. The van der Waals surface area contributed by atoms with Crippen LogP contribution in [-0.4, -0.2) is 36.0 Å².